The number of aromatic nitrogens is 4. The summed E-state index contributed by atoms with van der Waals surface area (Å²) in [6.07, 6.45) is 3.66. The molecule has 1 aliphatic heterocycles. The molecule has 10 nitrogen and oxygen atoms in total. The number of rotatable bonds is 5. The van der Waals surface area contributed by atoms with Crippen LogP contribution in [0.1, 0.15) is 5.56 Å². The topological polar surface area (TPSA) is 118 Å². The van der Waals surface area contributed by atoms with Gasteiger partial charge in [0.25, 0.3) is 0 Å². The van der Waals surface area contributed by atoms with Crippen molar-refractivity contribution in [3.05, 3.63) is 59.5 Å². The fraction of sp³-hybridized carbons (Fsp3) is 0.192. The second-order valence-electron chi connectivity index (χ2n) is 8.47. The van der Waals surface area contributed by atoms with E-state index in [0.29, 0.717) is 39.1 Å². The first kappa shape index (κ1) is 24.1. The molecule has 0 bridgehead atoms. The molecule has 0 saturated carbocycles. The molecule has 0 saturated heterocycles. The van der Waals surface area contributed by atoms with Gasteiger partial charge in [-0.05, 0) is 42.8 Å². The van der Waals surface area contributed by atoms with E-state index < -0.39 is 12.2 Å². The Labute approximate surface area is 225 Å². The maximum atomic E-state index is 12.1. The van der Waals surface area contributed by atoms with Gasteiger partial charge in [-0.25, -0.2) is 19.7 Å². The summed E-state index contributed by atoms with van der Waals surface area (Å²) in [4.78, 5) is 30.0. The summed E-state index contributed by atoms with van der Waals surface area (Å²) in [6, 6.07) is 8.89. The smallest absolute Gasteiger partial charge is 0.411 e. The molecule has 0 aliphatic carbocycles. The van der Waals surface area contributed by atoms with Gasteiger partial charge in [0.05, 0.1) is 41.7 Å². The molecular formula is C26H20ClN5O5S. The van der Waals surface area contributed by atoms with Crippen LogP contribution < -0.4 is 19.5 Å². The number of hydrogen-bond acceptors (Lipinski definition) is 10. The molecule has 0 fully saturated rings. The average Bonchev–Trinajstić information content (AvgIpc) is 3.38. The van der Waals surface area contributed by atoms with E-state index in [2.05, 4.69) is 20.3 Å². The Hall–Kier alpha value is -4.22. The van der Waals surface area contributed by atoms with Gasteiger partial charge < -0.3 is 18.9 Å². The molecule has 1 N–H and O–H groups in total. The Morgan fingerprint density at radius 3 is 2.95 bits per heavy atom. The Morgan fingerprint density at radius 2 is 2.13 bits per heavy atom. The molecule has 6 rings (SSSR count). The molecule has 0 radical (unpaired) electrons. The number of nitrogens with zero attached hydrogens (tertiary/aromatic N) is 4. The number of benzene rings is 2. The molecule has 5 aromatic rings. The van der Waals surface area contributed by atoms with Crippen molar-refractivity contribution < 1.29 is 23.7 Å². The SMILES string of the molecule is COc1cnc2c(-c3nc4c(C)cc5c(c4s3)OCC(COC(=O)Nc3cccnc3)O5)cc(Cl)cc2n1. The highest BCUT2D eigenvalue weighted by molar-refractivity contribution is 7.22. The summed E-state index contributed by atoms with van der Waals surface area (Å²) in [5, 5.41) is 3.87. The quantitative estimate of drug-likeness (QED) is 0.296. The largest absolute Gasteiger partial charge is 0.484 e. The van der Waals surface area contributed by atoms with Crippen LogP contribution in [0.25, 0.3) is 31.8 Å². The first-order chi connectivity index (χ1) is 18.5. The van der Waals surface area contributed by atoms with Gasteiger partial charge in [-0.1, -0.05) is 11.6 Å². The van der Waals surface area contributed by atoms with Crippen LogP contribution in [0.15, 0.2) is 48.9 Å². The van der Waals surface area contributed by atoms with Gasteiger partial charge in [0.2, 0.25) is 5.88 Å². The van der Waals surface area contributed by atoms with Crippen LogP contribution in [0, 0.1) is 6.92 Å². The summed E-state index contributed by atoms with van der Waals surface area (Å²) in [5.41, 5.74) is 4.30. The van der Waals surface area contributed by atoms with Crippen molar-refractivity contribution >= 4 is 56.0 Å². The summed E-state index contributed by atoms with van der Waals surface area (Å²) < 4.78 is 23.6. The number of carbonyl (C=O) groups excluding carboxylic acids is 1. The monoisotopic (exact) mass is 549 g/mol. The van der Waals surface area contributed by atoms with E-state index in [1.54, 1.807) is 30.6 Å². The number of thiazole rings is 1. The maximum absolute atomic E-state index is 12.1. The maximum Gasteiger partial charge on any atom is 0.411 e. The van der Waals surface area contributed by atoms with E-state index in [1.165, 1.54) is 24.6 Å². The minimum Gasteiger partial charge on any atom is -0.484 e. The molecule has 1 amide bonds. The van der Waals surface area contributed by atoms with Crippen LogP contribution in [0.3, 0.4) is 0 Å². The van der Waals surface area contributed by atoms with Gasteiger partial charge in [-0.3, -0.25) is 10.3 Å². The van der Waals surface area contributed by atoms with Crippen LogP contribution in [0.5, 0.6) is 17.4 Å². The van der Waals surface area contributed by atoms with E-state index in [0.717, 1.165) is 26.4 Å². The Kier molecular flexibility index (Phi) is 6.30. The zero-order chi connectivity index (χ0) is 26.2. The zero-order valence-electron chi connectivity index (χ0n) is 20.2. The Bertz CT molecular complexity index is 1680. The number of aryl methyl sites for hydroxylation is 1. The zero-order valence-corrected chi connectivity index (χ0v) is 21.8. The normalized spacial score (nSPS) is 14.4. The van der Waals surface area contributed by atoms with Crippen LogP contribution in [0.2, 0.25) is 5.02 Å². The fourth-order valence-corrected chi connectivity index (χ4v) is 5.45. The minimum atomic E-state index is -0.597. The first-order valence-corrected chi connectivity index (χ1v) is 12.8. The van der Waals surface area contributed by atoms with Crippen LogP contribution in [0.4, 0.5) is 10.5 Å². The van der Waals surface area contributed by atoms with Gasteiger partial charge in [0, 0.05) is 16.8 Å². The molecule has 12 heteroatoms. The lowest BCUT2D eigenvalue weighted by Crippen LogP contribution is -2.35. The van der Waals surface area contributed by atoms with Crippen molar-refractivity contribution in [1.29, 1.82) is 0 Å². The molecule has 1 aliphatic rings. The van der Waals surface area contributed by atoms with Crippen molar-refractivity contribution in [2.45, 2.75) is 13.0 Å². The fourth-order valence-electron chi connectivity index (χ4n) is 4.09. The van der Waals surface area contributed by atoms with E-state index in [4.69, 9.17) is 35.5 Å². The van der Waals surface area contributed by atoms with Crippen molar-refractivity contribution in [2.75, 3.05) is 25.6 Å². The van der Waals surface area contributed by atoms with Gasteiger partial charge in [-0.15, -0.1) is 11.3 Å². The van der Waals surface area contributed by atoms with Gasteiger partial charge >= 0.3 is 6.09 Å². The lowest BCUT2D eigenvalue weighted by Gasteiger charge is -2.26. The van der Waals surface area contributed by atoms with Crippen LogP contribution in [-0.2, 0) is 4.74 Å². The Morgan fingerprint density at radius 1 is 1.24 bits per heavy atom. The predicted octanol–water partition coefficient (Wildman–Crippen LogP) is 5.66. The summed E-state index contributed by atoms with van der Waals surface area (Å²) in [6.45, 7) is 2.19. The second kappa shape index (κ2) is 9.92. The van der Waals surface area contributed by atoms with Crippen molar-refractivity contribution in [2.24, 2.45) is 0 Å². The highest BCUT2D eigenvalue weighted by Gasteiger charge is 2.27. The molecule has 192 valence electrons. The molecule has 1 unspecified atom stereocenters. The third-order valence-corrected chi connectivity index (χ3v) is 7.13. The van der Waals surface area contributed by atoms with Crippen molar-refractivity contribution in [3.8, 4) is 28.0 Å². The number of ether oxygens (including phenoxy) is 4. The van der Waals surface area contributed by atoms with Crippen molar-refractivity contribution in [3.63, 3.8) is 0 Å². The summed E-state index contributed by atoms with van der Waals surface area (Å²) >= 11 is 7.87. The van der Waals surface area contributed by atoms with E-state index in [9.17, 15) is 4.79 Å². The number of nitrogens with one attached hydrogen (secondary N) is 1. The second-order valence-corrected chi connectivity index (χ2v) is 9.90. The standard InChI is InChI=1S/C26H20ClN5O5S/c1-13-6-19-23(35-11-16(37-19)12-36-26(33)30-15-4-3-5-28-9-15)24-21(13)32-25(38-24)17-7-14(27)8-18-22(17)29-10-20(31-18)34-2/h3-10,16H,11-12H2,1-2H3,(H,30,33). The number of hydrogen-bond donors (Lipinski definition) is 1. The molecule has 1 atom stereocenters. The van der Waals surface area contributed by atoms with Crippen molar-refractivity contribution in [1.82, 2.24) is 19.9 Å². The third-order valence-electron chi connectivity index (χ3n) is 5.82. The number of carbonyl (C=O) groups is 1. The van der Waals surface area contributed by atoms with Gasteiger partial charge in [0.15, 0.2) is 17.6 Å². The minimum absolute atomic E-state index is 0.0210. The molecule has 3 aromatic heterocycles. The molecule has 38 heavy (non-hydrogen) atoms. The molecule has 4 heterocycles. The number of anilines is 1. The predicted molar refractivity (Wildman–Crippen MR) is 144 cm³/mol. The Balaban J connectivity index is 1.26. The van der Waals surface area contributed by atoms with Crippen LogP contribution >= 0.6 is 22.9 Å². The number of pyridine rings is 1. The van der Waals surface area contributed by atoms with E-state index in [1.807, 2.05) is 19.1 Å². The number of amides is 1. The van der Waals surface area contributed by atoms with Crippen LogP contribution in [-0.4, -0.2) is 52.5 Å². The summed E-state index contributed by atoms with van der Waals surface area (Å²) in [7, 11) is 1.54. The molecule has 2 aromatic carbocycles. The average molecular weight is 550 g/mol. The van der Waals surface area contributed by atoms with E-state index in [-0.39, 0.29) is 13.2 Å². The van der Waals surface area contributed by atoms with Gasteiger partial charge in [0.1, 0.15) is 22.9 Å². The first-order valence-electron chi connectivity index (χ1n) is 11.6. The molecular weight excluding hydrogens is 530 g/mol. The number of fused-ring (bicyclic) bond motifs is 4. The van der Waals surface area contributed by atoms with Gasteiger partial charge in [-0.2, -0.15) is 0 Å². The lowest BCUT2D eigenvalue weighted by atomic mass is 10.1. The summed E-state index contributed by atoms with van der Waals surface area (Å²) in [5.74, 6) is 1.57. The number of methoxy groups -OCH3 is 1. The highest BCUT2D eigenvalue weighted by Crippen LogP contribution is 2.46. The third kappa shape index (κ3) is 4.61. The van der Waals surface area contributed by atoms with E-state index >= 15 is 0 Å². The lowest BCUT2D eigenvalue weighted by molar-refractivity contribution is 0.0383. The number of halogens is 1. The molecule has 0 spiro atoms. The highest BCUT2D eigenvalue weighted by atomic mass is 35.5.